The lowest BCUT2D eigenvalue weighted by Gasteiger charge is -2.22. The van der Waals surface area contributed by atoms with Crippen molar-refractivity contribution >= 4 is 11.6 Å². The molecule has 2 rings (SSSR count). The van der Waals surface area contributed by atoms with Gasteiger partial charge in [-0.3, -0.25) is 14.9 Å². The molecule has 1 aromatic rings. The molecule has 2 N–H and O–H groups in total. The number of hydrogen-bond donors (Lipinski definition) is 2. The summed E-state index contributed by atoms with van der Waals surface area (Å²) in [7, 11) is 0. The fourth-order valence-corrected chi connectivity index (χ4v) is 2.42. The fraction of sp³-hybridized carbons (Fsp3) is 0.462. The summed E-state index contributed by atoms with van der Waals surface area (Å²) in [5.74, 6) is -3.65. The summed E-state index contributed by atoms with van der Waals surface area (Å²) < 4.78 is 26.2. The van der Waals surface area contributed by atoms with Gasteiger partial charge in [-0.2, -0.15) is 0 Å². The maximum Gasteiger partial charge on any atom is 0.285 e. The van der Waals surface area contributed by atoms with Gasteiger partial charge in [-0.05, 0) is 18.9 Å². The minimum atomic E-state index is -1.40. The van der Waals surface area contributed by atoms with Crippen molar-refractivity contribution in [2.24, 2.45) is 0 Å². The zero-order chi connectivity index (χ0) is 15.6. The Morgan fingerprint density at radius 2 is 1.90 bits per heavy atom. The SMILES string of the molecule is O=C(NCC1(O)CCCC1)c1cc(F)c(F)cc1[N+](=O)[O-]. The van der Waals surface area contributed by atoms with Gasteiger partial charge in [0.1, 0.15) is 5.56 Å². The molecule has 0 atom stereocenters. The van der Waals surface area contributed by atoms with Gasteiger partial charge in [-0.25, -0.2) is 8.78 Å². The Morgan fingerprint density at radius 3 is 2.48 bits per heavy atom. The van der Waals surface area contributed by atoms with Gasteiger partial charge < -0.3 is 10.4 Å². The van der Waals surface area contributed by atoms with Crippen LogP contribution in [0.1, 0.15) is 36.0 Å². The van der Waals surface area contributed by atoms with E-state index in [1.807, 2.05) is 0 Å². The van der Waals surface area contributed by atoms with E-state index in [-0.39, 0.29) is 6.54 Å². The predicted octanol–water partition coefficient (Wildman–Crippen LogP) is 1.91. The number of nitrogens with one attached hydrogen (secondary N) is 1. The van der Waals surface area contributed by atoms with E-state index in [4.69, 9.17) is 0 Å². The molecule has 0 aliphatic heterocycles. The molecular formula is C13H14F2N2O4. The van der Waals surface area contributed by atoms with Crippen molar-refractivity contribution in [3.05, 3.63) is 39.4 Å². The molecule has 1 aromatic carbocycles. The highest BCUT2D eigenvalue weighted by Gasteiger charge is 2.32. The van der Waals surface area contributed by atoms with E-state index in [1.165, 1.54) is 0 Å². The van der Waals surface area contributed by atoms with Gasteiger partial charge in [-0.1, -0.05) is 12.8 Å². The molecule has 1 amide bonds. The van der Waals surface area contributed by atoms with Crippen LogP contribution in [0.3, 0.4) is 0 Å². The highest BCUT2D eigenvalue weighted by atomic mass is 19.2. The second-order valence-corrected chi connectivity index (χ2v) is 5.15. The largest absolute Gasteiger partial charge is 0.388 e. The van der Waals surface area contributed by atoms with Crippen LogP contribution in [0.5, 0.6) is 0 Å². The first kappa shape index (κ1) is 15.3. The van der Waals surface area contributed by atoms with Crippen LogP contribution in [0.15, 0.2) is 12.1 Å². The smallest absolute Gasteiger partial charge is 0.285 e. The number of amides is 1. The van der Waals surface area contributed by atoms with Gasteiger partial charge in [-0.15, -0.1) is 0 Å². The number of rotatable bonds is 4. The number of aliphatic hydroxyl groups is 1. The molecule has 6 nitrogen and oxygen atoms in total. The third-order valence-corrected chi connectivity index (χ3v) is 3.59. The molecule has 0 saturated heterocycles. The van der Waals surface area contributed by atoms with Crippen molar-refractivity contribution in [2.45, 2.75) is 31.3 Å². The maximum absolute atomic E-state index is 13.2. The van der Waals surface area contributed by atoms with Crippen LogP contribution in [-0.2, 0) is 0 Å². The molecule has 0 aromatic heterocycles. The van der Waals surface area contributed by atoms with Crippen molar-refractivity contribution in [1.82, 2.24) is 5.32 Å². The summed E-state index contributed by atoms with van der Waals surface area (Å²) in [5, 5.41) is 23.2. The van der Waals surface area contributed by atoms with Gasteiger partial charge in [0.25, 0.3) is 11.6 Å². The molecule has 1 saturated carbocycles. The number of carbonyl (C=O) groups is 1. The predicted molar refractivity (Wildman–Crippen MR) is 68.8 cm³/mol. The van der Waals surface area contributed by atoms with Crippen molar-refractivity contribution in [3.63, 3.8) is 0 Å². The molecule has 1 aliphatic carbocycles. The van der Waals surface area contributed by atoms with E-state index in [1.54, 1.807) is 0 Å². The number of hydrogen-bond acceptors (Lipinski definition) is 4. The number of halogens is 2. The van der Waals surface area contributed by atoms with Crippen LogP contribution in [0.25, 0.3) is 0 Å². The lowest BCUT2D eigenvalue weighted by molar-refractivity contribution is -0.385. The zero-order valence-electron chi connectivity index (χ0n) is 11.1. The molecule has 0 radical (unpaired) electrons. The van der Waals surface area contributed by atoms with Crippen LogP contribution < -0.4 is 5.32 Å². The first-order valence-electron chi connectivity index (χ1n) is 6.46. The molecule has 8 heteroatoms. The average molecular weight is 300 g/mol. The molecule has 0 heterocycles. The lowest BCUT2D eigenvalue weighted by atomic mass is 10.0. The topological polar surface area (TPSA) is 92.5 Å². The Labute approximate surface area is 118 Å². The minimum absolute atomic E-state index is 0.0814. The van der Waals surface area contributed by atoms with Crippen LogP contribution in [0.2, 0.25) is 0 Å². The second-order valence-electron chi connectivity index (χ2n) is 5.15. The molecule has 1 fully saturated rings. The molecule has 1 aliphatic rings. The summed E-state index contributed by atoms with van der Waals surface area (Å²) in [5.41, 5.74) is -2.42. The minimum Gasteiger partial charge on any atom is -0.388 e. The van der Waals surface area contributed by atoms with Crippen molar-refractivity contribution in [1.29, 1.82) is 0 Å². The number of nitrogens with zero attached hydrogens (tertiary/aromatic N) is 1. The number of nitro benzene ring substituents is 1. The van der Waals surface area contributed by atoms with Crippen LogP contribution in [0, 0.1) is 21.7 Å². The summed E-state index contributed by atoms with van der Waals surface area (Å²) in [6.45, 7) is -0.0814. The molecule has 0 bridgehead atoms. The van der Waals surface area contributed by atoms with Crippen LogP contribution in [0.4, 0.5) is 14.5 Å². The molecule has 114 valence electrons. The molecule has 21 heavy (non-hydrogen) atoms. The van der Waals surface area contributed by atoms with Gasteiger partial charge >= 0.3 is 0 Å². The third kappa shape index (κ3) is 3.33. The maximum atomic E-state index is 13.2. The van der Waals surface area contributed by atoms with E-state index in [2.05, 4.69) is 5.32 Å². The van der Waals surface area contributed by atoms with E-state index >= 15 is 0 Å². The summed E-state index contributed by atoms with van der Waals surface area (Å²) >= 11 is 0. The summed E-state index contributed by atoms with van der Waals surface area (Å²) in [6.07, 6.45) is 2.70. The second kappa shape index (κ2) is 5.72. The van der Waals surface area contributed by atoms with E-state index < -0.39 is 39.3 Å². The monoisotopic (exact) mass is 300 g/mol. The van der Waals surface area contributed by atoms with E-state index in [0.717, 1.165) is 12.8 Å². The fourth-order valence-electron chi connectivity index (χ4n) is 2.42. The zero-order valence-corrected chi connectivity index (χ0v) is 11.1. The number of nitro groups is 1. The van der Waals surface area contributed by atoms with Crippen LogP contribution >= 0.6 is 0 Å². The van der Waals surface area contributed by atoms with Crippen molar-refractivity contribution in [3.8, 4) is 0 Å². The number of carbonyl (C=O) groups excluding carboxylic acids is 1. The Kier molecular flexibility index (Phi) is 4.17. The van der Waals surface area contributed by atoms with Crippen LogP contribution in [-0.4, -0.2) is 28.1 Å². The number of benzene rings is 1. The Hall–Kier alpha value is -2.09. The van der Waals surface area contributed by atoms with Gasteiger partial charge in [0, 0.05) is 6.54 Å². The summed E-state index contributed by atoms with van der Waals surface area (Å²) in [6, 6.07) is 0.857. The van der Waals surface area contributed by atoms with Crippen molar-refractivity contribution < 1.29 is 23.6 Å². The van der Waals surface area contributed by atoms with Crippen molar-refractivity contribution in [2.75, 3.05) is 6.54 Å². The lowest BCUT2D eigenvalue weighted by Crippen LogP contribution is -2.41. The average Bonchev–Trinajstić information content (AvgIpc) is 2.86. The Morgan fingerprint density at radius 1 is 1.33 bits per heavy atom. The highest BCUT2D eigenvalue weighted by Crippen LogP contribution is 2.29. The molecule has 0 spiro atoms. The quantitative estimate of drug-likeness (QED) is 0.656. The highest BCUT2D eigenvalue weighted by molar-refractivity contribution is 5.98. The van der Waals surface area contributed by atoms with Gasteiger partial charge in [0.15, 0.2) is 11.6 Å². The molecule has 0 unspecified atom stereocenters. The first-order valence-corrected chi connectivity index (χ1v) is 6.46. The normalized spacial score (nSPS) is 16.7. The first-order chi connectivity index (χ1) is 9.82. The summed E-state index contributed by atoms with van der Waals surface area (Å²) in [4.78, 5) is 21.8. The Bertz CT molecular complexity index is 586. The molecular weight excluding hydrogens is 286 g/mol. The standard InChI is InChI=1S/C13H14F2N2O4/c14-9-5-8(11(17(20)21)6-10(9)15)12(18)16-7-13(19)3-1-2-4-13/h5-6,19H,1-4,7H2,(H,16,18). The van der Waals surface area contributed by atoms with Gasteiger partial charge in [0.05, 0.1) is 16.6 Å². The Balaban J connectivity index is 2.18. The van der Waals surface area contributed by atoms with E-state index in [9.17, 15) is 28.8 Å². The third-order valence-electron chi connectivity index (χ3n) is 3.59. The van der Waals surface area contributed by atoms with Gasteiger partial charge in [0.2, 0.25) is 0 Å². The van der Waals surface area contributed by atoms with E-state index in [0.29, 0.717) is 25.0 Å².